The molecule has 0 heterocycles. The molecule has 0 amide bonds. The molecule has 5 heteroatoms. The molecule has 0 aliphatic carbocycles. The molecule has 0 radical (unpaired) electrons. The van der Waals surface area contributed by atoms with Crippen molar-refractivity contribution in [2.75, 3.05) is 6.61 Å². The molecule has 0 spiro atoms. The van der Waals surface area contributed by atoms with Crippen molar-refractivity contribution in [2.45, 2.75) is 6.92 Å². The topological polar surface area (TPSA) is 44.8 Å². The van der Waals surface area contributed by atoms with Gasteiger partial charge in [-0.05, 0) is 67.6 Å². The molecule has 3 aromatic rings. The second-order valence-electron chi connectivity index (χ2n) is 5.60. The van der Waals surface area contributed by atoms with Crippen LogP contribution in [0.4, 0.5) is 0 Å². The molecule has 0 aliphatic rings. The molecule has 0 fully saturated rings. The van der Waals surface area contributed by atoms with E-state index < -0.39 is 5.97 Å². The molecule has 0 saturated heterocycles. The standard InChI is InChI=1S/C21H17BrO4/c1-15-2-6-18(7-3-15)25-19-10-12-20(13-11-19)26-21(23)14-24-17-8-4-16(22)5-9-17/h2-13H,14H2,1H3. The normalized spacial score (nSPS) is 10.2. The summed E-state index contributed by atoms with van der Waals surface area (Å²) in [4.78, 5) is 11.9. The van der Waals surface area contributed by atoms with E-state index in [0.29, 0.717) is 17.2 Å². The van der Waals surface area contributed by atoms with Crippen molar-refractivity contribution in [2.24, 2.45) is 0 Å². The number of hydrogen-bond donors (Lipinski definition) is 0. The summed E-state index contributed by atoms with van der Waals surface area (Å²) in [6.45, 7) is 1.86. The van der Waals surface area contributed by atoms with Crippen LogP contribution in [0.3, 0.4) is 0 Å². The summed E-state index contributed by atoms with van der Waals surface area (Å²) in [5.74, 6) is 1.99. The lowest BCUT2D eigenvalue weighted by Gasteiger charge is -2.09. The smallest absolute Gasteiger partial charge is 0.349 e. The van der Waals surface area contributed by atoms with Gasteiger partial charge in [-0.2, -0.15) is 0 Å². The molecule has 0 N–H and O–H groups in total. The minimum Gasteiger partial charge on any atom is -0.482 e. The van der Waals surface area contributed by atoms with Gasteiger partial charge in [0.25, 0.3) is 0 Å². The Balaban J connectivity index is 1.50. The Morgan fingerprint density at radius 3 is 1.88 bits per heavy atom. The summed E-state index contributed by atoms with van der Waals surface area (Å²) in [6.07, 6.45) is 0. The van der Waals surface area contributed by atoms with Crippen LogP contribution < -0.4 is 14.2 Å². The third kappa shape index (κ3) is 5.36. The highest BCUT2D eigenvalue weighted by atomic mass is 79.9. The number of carbonyl (C=O) groups excluding carboxylic acids is 1. The SMILES string of the molecule is Cc1ccc(Oc2ccc(OC(=O)COc3ccc(Br)cc3)cc2)cc1. The van der Waals surface area contributed by atoms with Crippen LogP contribution in [0.5, 0.6) is 23.0 Å². The second-order valence-corrected chi connectivity index (χ2v) is 6.52. The van der Waals surface area contributed by atoms with Crippen LogP contribution >= 0.6 is 15.9 Å². The zero-order valence-electron chi connectivity index (χ0n) is 14.1. The number of esters is 1. The first-order chi connectivity index (χ1) is 12.6. The van der Waals surface area contributed by atoms with Gasteiger partial charge in [0.15, 0.2) is 6.61 Å². The number of aryl methyl sites for hydroxylation is 1. The van der Waals surface area contributed by atoms with Crippen LogP contribution in [0, 0.1) is 6.92 Å². The Kier molecular flexibility index (Phi) is 5.92. The van der Waals surface area contributed by atoms with E-state index >= 15 is 0 Å². The van der Waals surface area contributed by atoms with E-state index in [1.807, 2.05) is 43.3 Å². The summed E-state index contributed by atoms with van der Waals surface area (Å²) in [7, 11) is 0. The number of halogens is 1. The van der Waals surface area contributed by atoms with E-state index in [9.17, 15) is 4.79 Å². The monoisotopic (exact) mass is 412 g/mol. The molecule has 0 aliphatic heterocycles. The van der Waals surface area contributed by atoms with Crippen LogP contribution in [0.1, 0.15) is 5.56 Å². The van der Waals surface area contributed by atoms with Crippen LogP contribution in [0.15, 0.2) is 77.3 Å². The Labute approximate surface area is 160 Å². The van der Waals surface area contributed by atoms with E-state index in [0.717, 1.165) is 10.2 Å². The summed E-state index contributed by atoms with van der Waals surface area (Å²) >= 11 is 3.34. The first-order valence-corrected chi connectivity index (χ1v) is 8.81. The third-order valence-corrected chi connectivity index (χ3v) is 4.01. The lowest BCUT2D eigenvalue weighted by molar-refractivity contribution is -0.136. The van der Waals surface area contributed by atoms with Crippen LogP contribution in [-0.2, 0) is 4.79 Å². The minimum absolute atomic E-state index is 0.163. The fourth-order valence-electron chi connectivity index (χ4n) is 2.15. The first kappa shape index (κ1) is 18.0. The molecule has 0 unspecified atom stereocenters. The highest BCUT2D eigenvalue weighted by molar-refractivity contribution is 9.10. The molecule has 3 rings (SSSR count). The van der Waals surface area contributed by atoms with Gasteiger partial charge in [-0.1, -0.05) is 33.6 Å². The van der Waals surface area contributed by atoms with Gasteiger partial charge >= 0.3 is 5.97 Å². The lowest BCUT2D eigenvalue weighted by Crippen LogP contribution is -2.17. The van der Waals surface area contributed by atoms with Gasteiger partial charge < -0.3 is 14.2 Å². The molecular weight excluding hydrogens is 396 g/mol. The quantitative estimate of drug-likeness (QED) is 0.394. The van der Waals surface area contributed by atoms with Crippen molar-refractivity contribution in [3.63, 3.8) is 0 Å². The molecule has 3 aromatic carbocycles. The fraction of sp³-hybridized carbons (Fsp3) is 0.0952. The number of hydrogen-bond acceptors (Lipinski definition) is 4. The summed E-state index contributed by atoms with van der Waals surface area (Å²) in [6, 6.07) is 21.9. The van der Waals surface area contributed by atoms with Crippen molar-refractivity contribution >= 4 is 21.9 Å². The first-order valence-electron chi connectivity index (χ1n) is 8.02. The molecule has 0 saturated carbocycles. The maximum atomic E-state index is 11.9. The van der Waals surface area contributed by atoms with Gasteiger partial charge in [0.1, 0.15) is 23.0 Å². The number of carbonyl (C=O) groups is 1. The van der Waals surface area contributed by atoms with Gasteiger partial charge in [-0.15, -0.1) is 0 Å². The molecular formula is C21H17BrO4. The van der Waals surface area contributed by atoms with Crippen LogP contribution in [0.25, 0.3) is 0 Å². The molecule has 0 bridgehead atoms. The van der Waals surface area contributed by atoms with E-state index in [2.05, 4.69) is 15.9 Å². The predicted octanol–water partition coefficient (Wildman–Crippen LogP) is 5.53. The summed E-state index contributed by atoms with van der Waals surface area (Å²) in [5.41, 5.74) is 1.17. The Morgan fingerprint density at radius 1 is 0.769 bits per heavy atom. The zero-order chi connectivity index (χ0) is 18.4. The highest BCUT2D eigenvalue weighted by Crippen LogP contribution is 2.24. The van der Waals surface area contributed by atoms with Crippen LogP contribution in [0.2, 0.25) is 0 Å². The second kappa shape index (κ2) is 8.54. The third-order valence-electron chi connectivity index (χ3n) is 3.48. The number of ether oxygens (including phenoxy) is 3. The van der Waals surface area contributed by atoms with Gasteiger partial charge in [-0.3, -0.25) is 0 Å². The molecule has 132 valence electrons. The average Bonchev–Trinajstić information content (AvgIpc) is 2.65. The Hall–Kier alpha value is -2.79. The molecule has 4 nitrogen and oxygen atoms in total. The number of benzene rings is 3. The summed E-state index contributed by atoms with van der Waals surface area (Å²) < 4.78 is 17.3. The highest BCUT2D eigenvalue weighted by Gasteiger charge is 2.07. The van der Waals surface area contributed by atoms with E-state index in [1.165, 1.54) is 5.56 Å². The minimum atomic E-state index is -0.472. The largest absolute Gasteiger partial charge is 0.482 e. The van der Waals surface area contributed by atoms with E-state index in [1.54, 1.807) is 36.4 Å². The van der Waals surface area contributed by atoms with E-state index in [-0.39, 0.29) is 6.61 Å². The Morgan fingerprint density at radius 2 is 1.27 bits per heavy atom. The number of rotatable bonds is 6. The fourth-order valence-corrected chi connectivity index (χ4v) is 2.42. The van der Waals surface area contributed by atoms with Gasteiger partial charge in [-0.25, -0.2) is 4.79 Å². The van der Waals surface area contributed by atoms with Crippen molar-refractivity contribution in [3.8, 4) is 23.0 Å². The maximum absolute atomic E-state index is 11.9. The predicted molar refractivity (Wildman–Crippen MR) is 103 cm³/mol. The van der Waals surface area contributed by atoms with Crippen molar-refractivity contribution in [3.05, 3.63) is 82.8 Å². The molecule has 0 atom stereocenters. The van der Waals surface area contributed by atoms with E-state index in [4.69, 9.17) is 14.2 Å². The molecule has 0 aromatic heterocycles. The summed E-state index contributed by atoms with van der Waals surface area (Å²) in [5, 5.41) is 0. The average molecular weight is 413 g/mol. The van der Waals surface area contributed by atoms with Crippen molar-refractivity contribution < 1.29 is 19.0 Å². The van der Waals surface area contributed by atoms with Crippen LogP contribution in [-0.4, -0.2) is 12.6 Å². The van der Waals surface area contributed by atoms with Crippen molar-refractivity contribution in [1.82, 2.24) is 0 Å². The van der Waals surface area contributed by atoms with Gasteiger partial charge in [0.05, 0.1) is 0 Å². The zero-order valence-corrected chi connectivity index (χ0v) is 15.7. The van der Waals surface area contributed by atoms with Crippen molar-refractivity contribution in [1.29, 1.82) is 0 Å². The Bertz CT molecular complexity index is 856. The van der Waals surface area contributed by atoms with Gasteiger partial charge in [0, 0.05) is 4.47 Å². The van der Waals surface area contributed by atoms with Gasteiger partial charge in [0.2, 0.25) is 0 Å². The lowest BCUT2D eigenvalue weighted by atomic mass is 10.2. The molecule has 26 heavy (non-hydrogen) atoms. The maximum Gasteiger partial charge on any atom is 0.349 e.